The van der Waals surface area contributed by atoms with E-state index in [0.717, 1.165) is 16.8 Å². The van der Waals surface area contributed by atoms with Gasteiger partial charge in [-0.25, -0.2) is 0 Å². The Morgan fingerprint density at radius 1 is 1.10 bits per heavy atom. The molecule has 1 N–H and O–H groups in total. The van der Waals surface area contributed by atoms with Crippen molar-refractivity contribution < 1.29 is 4.74 Å². The molecule has 3 heteroatoms. The fourth-order valence-electron chi connectivity index (χ4n) is 1.99. The molecule has 0 aromatic heterocycles. The smallest absolute Gasteiger partial charge is 0.124 e. The van der Waals surface area contributed by atoms with Crippen molar-refractivity contribution in [1.29, 1.82) is 0 Å². The number of halogens is 1. The van der Waals surface area contributed by atoms with Gasteiger partial charge in [0.25, 0.3) is 0 Å². The fraction of sp³-hybridized carbons (Fsp3) is 0.333. The first kappa shape index (κ1) is 16.1. The van der Waals surface area contributed by atoms with Crippen LogP contribution >= 0.6 is 15.9 Å². The lowest BCUT2D eigenvalue weighted by atomic mass is 10.1. The van der Waals surface area contributed by atoms with Gasteiger partial charge in [0.05, 0.1) is 0 Å². The summed E-state index contributed by atoms with van der Waals surface area (Å²) < 4.78 is 7.06. The molecule has 0 saturated carbocycles. The van der Waals surface area contributed by atoms with Crippen molar-refractivity contribution in [2.75, 3.05) is 0 Å². The van der Waals surface area contributed by atoms with Crippen LogP contribution in [0.25, 0.3) is 0 Å². The minimum atomic E-state index is 0.453. The number of nitrogens with one attached hydrogen (secondary N) is 1. The second-order valence-electron chi connectivity index (χ2n) is 5.56. The van der Waals surface area contributed by atoms with E-state index in [9.17, 15) is 0 Å². The molecule has 0 radical (unpaired) electrons. The molecule has 0 heterocycles. The molecular weight excluding hydrogens is 326 g/mol. The number of hydrogen-bond acceptors (Lipinski definition) is 2. The predicted molar refractivity (Wildman–Crippen MR) is 91.6 cm³/mol. The lowest BCUT2D eigenvalue weighted by Crippen LogP contribution is -2.22. The van der Waals surface area contributed by atoms with Crippen LogP contribution in [0.15, 0.2) is 46.9 Å². The van der Waals surface area contributed by atoms with Gasteiger partial charge in [0.2, 0.25) is 0 Å². The van der Waals surface area contributed by atoms with Crippen LogP contribution in [-0.4, -0.2) is 6.04 Å². The van der Waals surface area contributed by atoms with E-state index in [2.05, 4.69) is 72.3 Å². The highest BCUT2D eigenvalue weighted by atomic mass is 79.9. The largest absolute Gasteiger partial charge is 0.489 e. The molecule has 0 atom stereocenters. The van der Waals surface area contributed by atoms with E-state index in [1.807, 2.05) is 12.1 Å². The molecule has 2 aromatic carbocycles. The van der Waals surface area contributed by atoms with Crippen molar-refractivity contribution in [2.45, 2.75) is 40.0 Å². The van der Waals surface area contributed by atoms with Gasteiger partial charge in [-0.3, -0.25) is 0 Å². The van der Waals surface area contributed by atoms with Gasteiger partial charge in [-0.1, -0.05) is 59.6 Å². The average molecular weight is 348 g/mol. The lowest BCUT2D eigenvalue weighted by molar-refractivity contribution is 0.301. The topological polar surface area (TPSA) is 21.3 Å². The summed E-state index contributed by atoms with van der Waals surface area (Å²) in [4.78, 5) is 0. The van der Waals surface area contributed by atoms with Crippen LogP contribution in [0.1, 0.15) is 30.5 Å². The van der Waals surface area contributed by atoms with E-state index in [4.69, 9.17) is 4.74 Å². The third-order valence-corrected chi connectivity index (χ3v) is 3.73. The van der Waals surface area contributed by atoms with Crippen LogP contribution in [0.3, 0.4) is 0 Å². The molecule has 0 aliphatic heterocycles. The highest BCUT2D eigenvalue weighted by Gasteiger charge is 2.06. The van der Waals surface area contributed by atoms with Gasteiger partial charge in [0.1, 0.15) is 12.4 Å². The average Bonchev–Trinajstić information content (AvgIpc) is 2.45. The van der Waals surface area contributed by atoms with Crippen LogP contribution in [-0.2, 0) is 13.2 Å². The summed E-state index contributed by atoms with van der Waals surface area (Å²) in [6, 6.07) is 15.1. The van der Waals surface area contributed by atoms with Crippen molar-refractivity contribution in [3.05, 3.63) is 63.6 Å². The summed E-state index contributed by atoms with van der Waals surface area (Å²) in [5.74, 6) is 0.937. The summed E-state index contributed by atoms with van der Waals surface area (Å²) in [7, 11) is 0. The summed E-state index contributed by atoms with van der Waals surface area (Å²) in [5.41, 5.74) is 3.63. The predicted octanol–water partition coefficient (Wildman–Crippen LogP) is 4.83. The van der Waals surface area contributed by atoms with Crippen LogP contribution in [0.4, 0.5) is 0 Å². The van der Waals surface area contributed by atoms with Crippen molar-refractivity contribution in [2.24, 2.45) is 0 Å². The lowest BCUT2D eigenvalue weighted by Gasteiger charge is -2.14. The molecule has 0 amide bonds. The van der Waals surface area contributed by atoms with Gasteiger partial charge in [-0.05, 0) is 30.7 Å². The maximum Gasteiger partial charge on any atom is 0.124 e. The molecular formula is C18H22BrNO. The van der Waals surface area contributed by atoms with Crippen LogP contribution < -0.4 is 10.1 Å². The quantitative estimate of drug-likeness (QED) is 0.807. The third-order valence-electron chi connectivity index (χ3n) is 3.24. The van der Waals surface area contributed by atoms with Gasteiger partial charge in [0, 0.05) is 22.6 Å². The monoisotopic (exact) mass is 347 g/mol. The highest BCUT2D eigenvalue weighted by molar-refractivity contribution is 9.10. The van der Waals surface area contributed by atoms with Gasteiger partial charge in [-0.2, -0.15) is 0 Å². The number of ether oxygens (including phenoxy) is 1. The Bertz CT molecular complexity index is 578. The van der Waals surface area contributed by atoms with E-state index in [0.29, 0.717) is 12.6 Å². The Morgan fingerprint density at radius 3 is 2.48 bits per heavy atom. The van der Waals surface area contributed by atoms with E-state index >= 15 is 0 Å². The summed E-state index contributed by atoms with van der Waals surface area (Å²) in [6.45, 7) is 7.78. The van der Waals surface area contributed by atoms with E-state index in [-0.39, 0.29) is 0 Å². The molecule has 0 bridgehead atoms. The molecule has 0 fully saturated rings. The molecule has 21 heavy (non-hydrogen) atoms. The molecule has 0 aliphatic carbocycles. The fourth-order valence-corrected chi connectivity index (χ4v) is 2.39. The normalized spacial score (nSPS) is 10.9. The van der Waals surface area contributed by atoms with Gasteiger partial charge in [0.15, 0.2) is 0 Å². The Kier molecular flexibility index (Phi) is 5.83. The van der Waals surface area contributed by atoms with Crippen LogP contribution in [0, 0.1) is 6.92 Å². The summed E-state index contributed by atoms with van der Waals surface area (Å²) >= 11 is 3.52. The molecule has 2 nitrogen and oxygen atoms in total. The number of benzene rings is 2. The maximum absolute atomic E-state index is 5.99. The first-order valence-corrected chi connectivity index (χ1v) is 8.04. The highest BCUT2D eigenvalue weighted by Crippen LogP contribution is 2.24. The molecule has 0 saturated heterocycles. The van der Waals surface area contributed by atoms with Gasteiger partial charge < -0.3 is 10.1 Å². The molecule has 112 valence electrons. The SMILES string of the molecule is Cc1ccc(COc2ccc(Br)cc2CNC(C)C)cc1. The molecule has 0 spiro atoms. The summed E-state index contributed by atoms with van der Waals surface area (Å²) in [5, 5.41) is 3.43. The van der Waals surface area contributed by atoms with Crippen molar-refractivity contribution >= 4 is 15.9 Å². The standard InChI is InChI=1S/C18H22BrNO/c1-13(2)20-11-16-10-17(19)8-9-18(16)21-12-15-6-4-14(3)5-7-15/h4-10,13,20H,11-12H2,1-3H3. The first-order valence-electron chi connectivity index (χ1n) is 7.25. The number of hydrogen-bond donors (Lipinski definition) is 1. The minimum Gasteiger partial charge on any atom is -0.489 e. The Hall–Kier alpha value is -1.32. The zero-order chi connectivity index (χ0) is 15.2. The molecule has 2 aromatic rings. The Morgan fingerprint density at radius 2 is 1.81 bits per heavy atom. The zero-order valence-corrected chi connectivity index (χ0v) is 14.4. The second kappa shape index (κ2) is 7.62. The molecule has 0 unspecified atom stereocenters. The van der Waals surface area contributed by atoms with E-state index < -0.39 is 0 Å². The van der Waals surface area contributed by atoms with Crippen LogP contribution in [0.5, 0.6) is 5.75 Å². The first-order chi connectivity index (χ1) is 10.0. The minimum absolute atomic E-state index is 0.453. The van der Waals surface area contributed by atoms with Gasteiger partial charge in [-0.15, -0.1) is 0 Å². The maximum atomic E-state index is 5.99. The van der Waals surface area contributed by atoms with E-state index in [1.54, 1.807) is 0 Å². The number of aryl methyl sites for hydroxylation is 1. The Labute approximate surface area is 135 Å². The van der Waals surface area contributed by atoms with Crippen molar-refractivity contribution in [1.82, 2.24) is 5.32 Å². The van der Waals surface area contributed by atoms with Crippen LogP contribution in [0.2, 0.25) is 0 Å². The Balaban J connectivity index is 2.06. The van der Waals surface area contributed by atoms with Gasteiger partial charge >= 0.3 is 0 Å². The third kappa shape index (κ3) is 5.18. The summed E-state index contributed by atoms with van der Waals surface area (Å²) in [6.07, 6.45) is 0. The van der Waals surface area contributed by atoms with E-state index in [1.165, 1.54) is 16.7 Å². The molecule has 2 rings (SSSR count). The van der Waals surface area contributed by atoms with Crippen molar-refractivity contribution in [3.8, 4) is 5.75 Å². The molecule has 0 aliphatic rings. The number of rotatable bonds is 6. The zero-order valence-electron chi connectivity index (χ0n) is 12.8. The second-order valence-corrected chi connectivity index (χ2v) is 6.48. The van der Waals surface area contributed by atoms with Crippen molar-refractivity contribution in [3.63, 3.8) is 0 Å².